The fourth-order valence-electron chi connectivity index (χ4n) is 6.81. The van der Waals surface area contributed by atoms with Gasteiger partial charge in [0.1, 0.15) is 6.04 Å². The lowest BCUT2D eigenvalue weighted by Gasteiger charge is -2.51. The van der Waals surface area contributed by atoms with Gasteiger partial charge in [-0.2, -0.15) is 13.2 Å². The molecule has 1 fully saturated rings. The van der Waals surface area contributed by atoms with Gasteiger partial charge in [-0.05, 0) is 66.6 Å². The van der Waals surface area contributed by atoms with Crippen molar-refractivity contribution in [3.05, 3.63) is 83.9 Å². The molecule has 0 spiro atoms. The van der Waals surface area contributed by atoms with Crippen LogP contribution in [-0.4, -0.2) is 50.8 Å². The van der Waals surface area contributed by atoms with E-state index in [4.69, 9.17) is 0 Å². The molecule has 0 aromatic heterocycles. The molecule has 5 rings (SSSR count). The Morgan fingerprint density at radius 2 is 1.79 bits per heavy atom. The third kappa shape index (κ3) is 5.87. The van der Waals surface area contributed by atoms with Gasteiger partial charge in [-0.1, -0.05) is 68.5 Å². The Balaban J connectivity index is 1.57. The lowest BCUT2D eigenvalue weighted by Crippen LogP contribution is -2.61. The molecule has 10 heteroatoms. The first-order chi connectivity index (χ1) is 19.7. The van der Waals surface area contributed by atoms with Crippen LogP contribution in [0.3, 0.4) is 0 Å². The summed E-state index contributed by atoms with van der Waals surface area (Å²) in [5, 5.41) is 23.6. The monoisotopic (exact) mass is 598 g/mol. The predicted octanol–water partition coefficient (Wildman–Crippen LogP) is 7.21. The molecule has 1 heterocycles. The molecule has 0 bridgehead atoms. The van der Waals surface area contributed by atoms with Crippen LogP contribution in [0.2, 0.25) is 0 Å². The smallest absolute Gasteiger partial charge is 0.446 e. The van der Waals surface area contributed by atoms with Gasteiger partial charge >= 0.3 is 11.5 Å². The maximum atomic E-state index is 14.1. The number of amides is 1. The molecule has 42 heavy (non-hydrogen) atoms. The van der Waals surface area contributed by atoms with Crippen molar-refractivity contribution < 1.29 is 33.0 Å². The van der Waals surface area contributed by atoms with Crippen molar-refractivity contribution in [2.45, 2.75) is 68.1 Å². The van der Waals surface area contributed by atoms with Crippen LogP contribution in [0.25, 0.3) is 10.8 Å². The largest absolute Gasteiger partial charge is 0.480 e. The number of anilines is 1. The molecule has 1 saturated carbocycles. The molecule has 6 nitrogen and oxygen atoms in total. The van der Waals surface area contributed by atoms with Crippen molar-refractivity contribution in [3.8, 4) is 0 Å². The van der Waals surface area contributed by atoms with Crippen molar-refractivity contribution >= 4 is 40.1 Å². The number of aliphatic hydroxyl groups is 1. The number of carboxylic acids is 1. The van der Waals surface area contributed by atoms with Crippen molar-refractivity contribution in [1.82, 2.24) is 4.90 Å². The Morgan fingerprint density at radius 3 is 2.43 bits per heavy atom. The van der Waals surface area contributed by atoms with Gasteiger partial charge in [0, 0.05) is 22.2 Å². The molecule has 0 radical (unpaired) electrons. The number of rotatable bonds is 7. The van der Waals surface area contributed by atoms with Gasteiger partial charge in [0.25, 0.3) is 5.91 Å². The van der Waals surface area contributed by atoms with Crippen molar-refractivity contribution in [2.24, 2.45) is 5.41 Å². The lowest BCUT2D eigenvalue weighted by atomic mass is 9.62. The highest BCUT2D eigenvalue weighted by Crippen LogP contribution is 2.49. The molecule has 222 valence electrons. The highest BCUT2D eigenvalue weighted by Gasteiger charge is 2.53. The number of halogens is 3. The molecule has 1 aliphatic heterocycles. The fraction of sp³-hybridized carbons (Fsp3) is 0.375. The van der Waals surface area contributed by atoms with E-state index in [1.54, 1.807) is 25.1 Å². The quantitative estimate of drug-likeness (QED) is 0.221. The number of fused-ring (bicyclic) bond motifs is 3. The minimum Gasteiger partial charge on any atom is -0.480 e. The molecule has 2 unspecified atom stereocenters. The van der Waals surface area contributed by atoms with E-state index in [2.05, 4.69) is 6.58 Å². The number of carbonyl (C=O) groups excluding carboxylic acids is 1. The first-order valence-electron chi connectivity index (χ1n) is 13.8. The van der Waals surface area contributed by atoms with Crippen molar-refractivity contribution in [3.63, 3.8) is 0 Å². The SMILES string of the molecule is C=C1CC(O)(CC)C[C@](C)(C(C(=O)O)N2CN(Cc3ccc(SC(F)(F)F)cc3)c3c(ccc4ccccc34)C2=O)C1. The fourth-order valence-corrected chi connectivity index (χ4v) is 7.35. The molecule has 3 atom stereocenters. The molecular weight excluding hydrogens is 565 g/mol. The van der Waals surface area contributed by atoms with Gasteiger partial charge in [-0.3, -0.25) is 4.79 Å². The van der Waals surface area contributed by atoms with Gasteiger partial charge < -0.3 is 20.0 Å². The summed E-state index contributed by atoms with van der Waals surface area (Å²) in [4.78, 5) is 30.4. The number of hydrogen-bond acceptors (Lipinski definition) is 5. The average molecular weight is 599 g/mol. The van der Waals surface area contributed by atoms with Crippen LogP contribution in [0.5, 0.6) is 0 Å². The predicted molar refractivity (Wildman–Crippen MR) is 157 cm³/mol. The van der Waals surface area contributed by atoms with Crippen LogP contribution in [0, 0.1) is 5.41 Å². The first-order valence-corrected chi connectivity index (χ1v) is 14.6. The van der Waals surface area contributed by atoms with Crippen LogP contribution in [0.15, 0.2) is 77.7 Å². The Morgan fingerprint density at radius 1 is 1.10 bits per heavy atom. The molecule has 1 amide bonds. The Labute approximate surface area is 246 Å². The van der Waals surface area contributed by atoms with Gasteiger partial charge in [-0.25, -0.2) is 4.79 Å². The lowest BCUT2D eigenvalue weighted by molar-refractivity contribution is -0.151. The second-order valence-corrected chi connectivity index (χ2v) is 12.9. The number of aliphatic carboxylic acids is 1. The zero-order valence-corrected chi connectivity index (χ0v) is 24.3. The number of carboxylic acid groups (broad SMARTS) is 1. The third-order valence-corrected chi connectivity index (χ3v) is 9.13. The van der Waals surface area contributed by atoms with Crippen LogP contribution in [0.4, 0.5) is 18.9 Å². The molecule has 3 aromatic carbocycles. The summed E-state index contributed by atoms with van der Waals surface area (Å²) in [6.45, 7) is 7.91. The van der Waals surface area contributed by atoms with Gasteiger partial charge in [0.2, 0.25) is 0 Å². The Kier molecular flexibility index (Phi) is 7.83. The number of carbonyl (C=O) groups is 2. The molecule has 3 aromatic rings. The topological polar surface area (TPSA) is 81.1 Å². The Hall–Kier alpha value is -3.50. The molecular formula is C32H33F3N2O4S. The summed E-state index contributed by atoms with van der Waals surface area (Å²) < 4.78 is 38.6. The molecule has 0 saturated heterocycles. The number of thioether (sulfide) groups is 1. The van der Waals surface area contributed by atoms with Crippen LogP contribution in [0.1, 0.15) is 55.5 Å². The van der Waals surface area contributed by atoms with E-state index in [9.17, 15) is 33.0 Å². The van der Waals surface area contributed by atoms with E-state index in [-0.39, 0.29) is 36.3 Å². The number of nitrogens with zero attached hydrogens (tertiary/aromatic N) is 2. The summed E-state index contributed by atoms with van der Waals surface area (Å²) >= 11 is -0.188. The molecule has 1 aliphatic carbocycles. The van der Waals surface area contributed by atoms with E-state index >= 15 is 0 Å². The van der Waals surface area contributed by atoms with E-state index in [0.29, 0.717) is 36.1 Å². The minimum absolute atomic E-state index is 0.0531. The second kappa shape index (κ2) is 11.0. The van der Waals surface area contributed by atoms with E-state index < -0.39 is 34.4 Å². The average Bonchev–Trinajstić information content (AvgIpc) is 2.90. The summed E-state index contributed by atoms with van der Waals surface area (Å²) in [5.41, 5.74) is -4.07. The zero-order chi connectivity index (χ0) is 30.4. The second-order valence-electron chi connectivity index (χ2n) is 11.7. The van der Waals surface area contributed by atoms with Crippen molar-refractivity contribution in [2.75, 3.05) is 11.6 Å². The molecule has 2 N–H and O–H groups in total. The number of alkyl halides is 3. The summed E-state index contributed by atoms with van der Waals surface area (Å²) in [5.74, 6) is -1.59. The van der Waals surface area contributed by atoms with Crippen LogP contribution < -0.4 is 4.90 Å². The highest BCUT2D eigenvalue weighted by molar-refractivity contribution is 8.00. The van der Waals surface area contributed by atoms with Crippen molar-refractivity contribution in [1.29, 1.82) is 0 Å². The van der Waals surface area contributed by atoms with E-state index in [0.717, 1.165) is 16.3 Å². The van der Waals surface area contributed by atoms with Gasteiger partial charge in [0.15, 0.2) is 0 Å². The maximum absolute atomic E-state index is 14.1. The third-order valence-electron chi connectivity index (χ3n) is 8.39. The summed E-state index contributed by atoms with van der Waals surface area (Å²) in [6.07, 6.45) is 1.34. The standard InChI is InChI=1S/C32H33F3N2O4S/c1-4-31(41)16-20(2)15-30(3,18-31)27(29(39)40)37-19-36(17-21-9-12-23(13-10-21)42-32(33,34)35)26-24-8-6-5-7-22(24)11-14-25(26)28(37)38/h5-14,27,41H,2,4,15-19H2,1,3H3,(H,39,40)/t27?,30-,31?/m1/s1. The van der Waals surface area contributed by atoms with Gasteiger partial charge in [0.05, 0.1) is 23.5 Å². The van der Waals surface area contributed by atoms with E-state index in [1.807, 2.05) is 42.2 Å². The molecule has 2 aliphatic rings. The highest BCUT2D eigenvalue weighted by atomic mass is 32.2. The summed E-state index contributed by atoms with van der Waals surface area (Å²) in [7, 11) is 0. The summed E-state index contributed by atoms with van der Waals surface area (Å²) in [6, 6.07) is 15.9. The van der Waals surface area contributed by atoms with Crippen LogP contribution in [-0.2, 0) is 11.3 Å². The normalized spacial score (nSPS) is 23.7. The minimum atomic E-state index is -4.40. The van der Waals surface area contributed by atoms with E-state index in [1.165, 1.54) is 17.0 Å². The number of benzene rings is 3. The zero-order valence-electron chi connectivity index (χ0n) is 23.4. The van der Waals surface area contributed by atoms with Gasteiger partial charge in [-0.15, -0.1) is 0 Å². The number of hydrogen-bond donors (Lipinski definition) is 2. The van der Waals surface area contributed by atoms with Crippen LogP contribution >= 0.6 is 11.8 Å². The maximum Gasteiger partial charge on any atom is 0.446 e. The first kappa shape index (κ1) is 30.0. The Bertz CT molecular complexity index is 1540.